The van der Waals surface area contributed by atoms with Gasteiger partial charge in [-0.25, -0.2) is 0 Å². The highest BCUT2D eigenvalue weighted by Crippen LogP contribution is 2.31. The van der Waals surface area contributed by atoms with Gasteiger partial charge in [0.2, 0.25) is 0 Å². The molecule has 1 fully saturated rings. The van der Waals surface area contributed by atoms with E-state index in [-0.39, 0.29) is 0 Å². The molecule has 1 saturated heterocycles. The Balaban J connectivity index is 2.08. The first-order valence-corrected chi connectivity index (χ1v) is 9.00. The molecule has 0 aromatic heterocycles. The molecule has 0 saturated carbocycles. The van der Waals surface area contributed by atoms with E-state index in [1.54, 1.807) is 0 Å². The van der Waals surface area contributed by atoms with Crippen LogP contribution in [-0.4, -0.2) is 19.6 Å². The second kappa shape index (κ2) is 7.64. The third kappa shape index (κ3) is 4.72. The number of benzene rings is 1. The van der Waals surface area contributed by atoms with Crippen LogP contribution in [0.1, 0.15) is 39.7 Å². The van der Waals surface area contributed by atoms with Gasteiger partial charge in [0.15, 0.2) is 0 Å². The second-order valence-electron chi connectivity index (χ2n) is 7.04. The van der Waals surface area contributed by atoms with Gasteiger partial charge in [0.05, 0.1) is 0 Å². The fourth-order valence-corrected chi connectivity index (χ4v) is 3.46. The SMILES string of the molecule is CC(C)CNCc1cc(Br)ccc1N1CCC(C(C)C)C1. The molecule has 1 aliphatic heterocycles. The number of anilines is 1. The maximum Gasteiger partial charge on any atom is 0.0412 e. The molecule has 21 heavy (non-hydrogen) atoms. The summed E-state index contributed by atoms with van der Waals surface area (Å²) in [6.07, 6.45) is 1.33. The molecule has 1 aromatic rings. The first-order valence-electron chi connectivity index (χ1n) is 8.21. The molecule has 0 aliphatic carbocycles. The third-order valence-electron chi connectivity index (χ3n) is 4.42. The number of hydrogen-bond acceptors (Lipinski definition) is 2. The smallest absolute Gasteiger partial charge is 0.0412 e. The first-order chi connectivity index (χ1) is 9.97. The maximum absolute atomic E-state index is 3.61. The molecule has 1 aromatic carbocycles. The van der Waals surface area contributed by atoms with E-state index in [1.165, 1.54) is 35.2 Å². The molecular weight excluding hydrogens is 324 g/mol. The minimum absolute atomic E-state index is 0.692. The molecule has 1 unspecified atom stereocenters. The van der Waals surface area contributed by atoms with Gasteiger partial charge < -0.3 is 10.2 Å². The zero-order valence-electron chi connectivity index (χ0n) is 13.8. The summed E-state index contributed by atoms with van der Waals surface area (Å²) in [6.45, 7) is 13.6. The van der Waals surface area contributed by atoms with E-state index in [4.69, 9.17) is 0 Å². The highest BCUT2D eigenvalue weighted by Gasteiger charge is 2.26. The topological polar surface area (TPSA) is 15.3 Å². The monoisotopic (exact) mass is 352 g/mol. The van der Waals surface area contributed by atoms with Crippen LogP contribution >= 0.6 is 15.9 Å². The Kier molecular flexibility index (Phi) is 6.12. The summed E-state index contributed by atoms with van der Waals surface area (Å²) in [4.78, 5) is 2.57. The summed E-state index contributed by atoms with van der Waals surface area (Å²) in [5, 5.41) is 3.58. The summed E-state index contributed by atoms with van der Waals surface area (Å²) in [6, 6.07) is 6.72. The minimum Gasteiger partial charge on any atom is -0.371 e. The summed E-state index contributed by atoms with van der Waals surface area (Å²) in [5.41, 5.74) is 2.83. The van der Waals surface area contributed by atoms with Gasteiger partial charge in [-0.3, -0.25) is 0 Å². The Morgan fingerprint density at radius 1 is 1.29 bits per heavy atom. The molecule has 1 atom stereocenters. The Labute approximate surface area is 138 Å². The van der Waals surface area contributed by atoms with E-state index in [2.05, 4.69) is 72.0 Å². The lowest BCUT2D eigenvalue weighted by atomic mass is 9.95. The summed E-state index contributed by atoms with van der Waals surface area (Å²) < 4.78 is 1.17. The second-order valence-corrected chi connectivity index (χ2v) is 7.95. The van der Waals surface area contributed by atoms with E-state index in [0.29, 0.717) is 5.92 Å². The Morgan fingerprint density at radius 2 is 2.05 bits per heavy atom. The lowest BCUT2D eigenvalue weighted by Crippen LogP contribution is -2.25. The molecule has 0 radical (unpaired) electrons. The van der Waals surface area contributed by atoms with Crippen molar-refractivity contribution in [3.63, 3.8) is 0 Å². The third-order valence-corrected chi connectivity index (χ3v) is 4.91. The van der Waals surface area contributed by atoms with Gasteiger partial charge in [-0.2, -0.15) is 0 Å². The van der Waals surface area contributed by atoms with E-state index in [0.717, 1.165) is 24.9 Å². The number of hydrogen-bond donors (Lipinski definition) is 1. The normalized spacial score (nSPS) is 19.0. The molecule has 118 valence electrons. The molecule has 0 bridgehead atoms. The van der Waals surface area contributed by atoms with Crippen molar-refractivity contribution in [2.45, 2.75) is 40.7 Å². The van der Waals surface area contributed by atoms with Crippen molar-refractivity contribution in [1.82, 2.24) is 5.32 Å². The zero-order chi connectivity index (χ0) is 15.4. The molecule has 2 nitrogen and oxygen atoms in total. The van der Waals surface area contributed by atoms with Crippen LogP contribution < -0.4 is 10.2 Å². The van der Waals surface area contributed by atoms with E-state index in [9.17, 15) is 0 Å². The molecular formula is C18H29BrN2. The summed E-state index contributed by atoms with van der Waals surface area (Å²) >= 11 is 3.61. The van der Waals surface area contributed by atoms with Gasteiger partial charge in [0.25, 0.3) is 0 Å². The molecule has 0 spiro atoms. The van der Waals surface area contributed by atoms with Gasteiger partial charge >= 0.3 is 0 Å². The van der Waals surface area contributed by atoms with Crippen LogP contribution in [0.4, 0.5) is 5.69 Å². The quantitative estimate of drug-likeness (QED) is 0.799. The van der Waals surface area contributed by atoms with Crippen LogP contribution in [0.5, 0.6) is 0 Å². The van der Waals surface area contributed by atoms with Gasteiger partial charge in [-0.1, -0.05) is 43.6 Å². The molecule has 2 rings (SSSR count). The maximum atomic E-state index is 3.61. The lowest BCUT2D eigenvalue weighted by molar-refractivity contribution is 0.422. The van der Waals surface area contributed by atoms with Crippen molar-refractivity contribution in [1.29, 1.82) is 0 Å². The lowest BCUT2D eigenvalue weighted by Gasteiger charge is -2.24. The van der Waals surface area contributed by atoms with Crippen molar-refractivity contribution >= 4 is 21.6 Å². The minimum atomic E-state index is 0.692. The first kappa shape index (κ1) is 16.8. The van der Waals surface area contributed by atoms with Gasteiger partial charge in [0.1, 0.15) is 0 Å². The van der Waals surface area contributed by atoms with E-state index < -0.39 is 0 Å². The van der Waals surface area contributed by atoms with Crippen molar-refractivity contribution < 1.29 is 0 Å². The molecule has 1 N–H and O–H groups in total. The number of nitrogens with one attached hydrogen (secondary N) is 1. The van der Waals surface area contributed by atoms with E-state index in [1.807, 2.05) is 0 Å². The average molecular weight is 353 g/mol. The molecule has 1 aliphatic rings. The molecule has 1 heterocycles. The van der Waals surface area contributed by atoms with Gasteiger partial charge in [-0.05, 0) is 54.5 Å². The summed E-state index contributed by atoms with van der Waals surface area (Å²) in [5.74, 6) is 2.32. The molecule has 3 heteroatoms. The van der Waals surface area contributed by atoms with Crippen molar-refractivity contribution in [3.05, 3.63) is 28.2 Å². The summed E-state index contributed by atoms with van der Waals surface area (Å²) in [7, 11) is 0. The van der Waals surface area contributed by atoms with E-state index >= 15 is 0 Å². The fraction of sp³-hybridized carbons (Fsp3) is 0.667. The van der Waals surface area contributed by atoms with Crippen LogP contribution in [-0.2, 0) is 6.54 Å². The standard InChI is InChI=1S/C18H29BrN2/c1-13(2)10-20-11-16-9-17(19)5-6-18(16)21-8-7-15(12-21)14(3)4/h5-6,9,13-15,20H,7-8,10-12H2,1-4H3. The fourth-order valence-electron chi connectivity index (χ4n) is 3.05. The Morgan fingerprint density at radius 3 is 2.67 bits per heavy atom. The van der Waals surface area contributed by atoms with Crippen LogP contribution in [0.2, 0.25) is 0 Å². The number of halogens is 1. The highest BCUT2D eigenvalue weighted by atomic mass is 79.9. The Hall–Kier alpha value is -0.540. The van der Waals surface area contributed by atoms with Crippen molar-refractivity contribution in [3.8, 4) is 0 Å². The van der Waals surface area contributed by atoms with Crippen molar-refractivity contribution in [2.24, 2.45) is 17.8 Å². The highest BCUT2D eigenvalue weighted by molar-refractivity contribution is 9.10. The number of rotatable bonds is 6. The van der Waals surface area contributed by atoms with Gasteiger partial charge in [-0.15, -0.1) is 0 Å². The predicted molar refractivity (Wildman–Crippen MR) is 95.8 cm³/mol. The molecule has 0 amide bonds. The largest absolute Gasteiger partial charge is 0.371 e. The average Bonchev–Trinajstić information content (AvgIpc) is 2.88. The zero-order valence-corrected chi connectivity index (χ0v) is 15.4. The predicted octanol–water partition coefficient (Wildman–Crippen LogP) is 4.68. The van der Waals surface area contributed by atoms with Crippen LogP contribution in [0.25, 0.3) is 0 Å². The van der Waals surface area contributed by atoms with Crippen LogP contribution in [0.3, 0.4) is 0 Å². The Bertz CT molecular complexity index is 457. The van der Waals surface area contributed by atoms with Crippen LogP contribution in [0.15, 0.2) is 22.7 Å². The van der Waals surface area contributed by atoms with Crippen molar-refractivity contribution in [2.75, 3.05) is 24.5 Å². The van der Waals surface area contributed by atoms with Crippen LogP contribution in [0, 0.1) is 17.8 Å². The number of nitrogens with zero attached hydrogens (tertiary/aromatic N) is 1. The van der Waals surface area contributed by atoms with Gasteiger partial charge in [0, 0.05) is 29.8 Å².